The highest BCUT2D eigenvalue weighted by atomic mass is 35.5. The number of nitrogens with two attached hydrogens (primary N) is 1. The molecule has 1 aromatic heterocycles. The number of anilines is 1. The van der Waals surface area contributed by atoms with Gasteiger partial charge in [-0.15, -0.1) is 0 Å². The smallest absolute Gasteiger partial charge is 0.257 e. The minimum absolute atomic E-state index is 0.121. The average Bonchev–Trinajstić information content (AvgIpc) is 2.31. The lowest BCUT2D eigenvalue weighted by Crippen LogP contribution is -2.31. The molecule has 0 aliphatic carbocycles. The summed E-state index contributed by atoms with van der Waals surface area (Å²) in [6.07, 6.45) is 1.26. The quantitative estimate of drug-likeness (QED) is 0.798. The third-order valence-corrected chi connectivity index (χ3v) is 2.23. The molecule has 1 amide bonds. The summed E-state index contributed by atoms with van der Waals surface area (Å²) in [5, 5.41) is 17.2. The first-order valence-electron chi connectivity index (χ1n) is 4.54. The zero-order valence-electron chi connectivity index (χ0n) is 8.72. The van der Waals surface area contributed by atoms with Gasteiger partial charge in [0.05, 0.1) is 22.7 Å². The van der Waals surface area contributed by atoms with E-state index in [1.54, 1.807) is 12.1 Å². The summed E-state index contributed by atoms with van der Waals surface area (Å²) in [6, 6.07) is 4.97. The van der Waals surface area contributed by atoms with Crippen molar-refractivity contribution in [2.24, 2.45) is 0 Å². The van der Waals surface area contributed by atoms with Crippen LogP contribution in [0.5, 0.6) is 0 Å². The van der Waals surface area contributed by atoms with E-state index in [-0.39, 0.29) is 29.5 Å². The fourth-order valence-corrected chi connectivity index (χ4v) is 1.28. The third kappa shape index (κ3) is 3.07. The number of amides is 1. The van der Waals surface area contributed by atoms with Crippen molar-refractivity contribution in [3.63, 3.8) is 0 Å². The maximum atomic E-state index is 11.9. The minimum Gasteiger partial charge on any atom is -0.382 e. The van der Waals surface area contributed by atoms with Gasteiger partial charge >= 0.3 is 0 Å². The molecule has 2 N–H and O–H groups in total. The molecule has 0 unspecified atom stereocenters. The van der Waals surface area contributed by atoms with Crippen molar-refractivity contribution in [1.29, 1.82) is 10.5 Å². The molecule has 0 aliphatic rings. The number of nitrogen functional groups attached to an aromatic ring is 1. The Morgan fingerprint density at radius 2 is 2.06 bits per heavy atom. The van der Waals surface area contributed by atoms with Crippen LogP contribution in [0.3, 0.4) is 0 Å². The van der Waals surface area contributed by atoms with Crippen molar-refractivity contribution in [3.8, 4) is 12.1 Å². The lowest BCUT2D eigenvalue weighted by Gasteiger charge is -2.15. The number of nitriles is 2. The molecule has 0 spiro atoms. The second kappa shape index (κ2) is 5.69. The Kier molecular flexibility index (Phi) is 4.27. The molecule has 17 heavy (non-hydrogen) atoms. The predicted molar refractivity (Wildman–Crippen MR) is 60.8 cm³/mol. The SMILES string of the molecule is N#CCN(CC#N)C(=O)c1cnc(N)c(Cl)c1. The molecule has 0 atom stereocenters. The van der Waals surface area contributed by atoms with Crippen LogP contribution in [-0.4, -0.2) is 28.9 Å². The standard InChI is InChI=1S/C10H8ClN5O/c11-8-5-7(6-15-9(8)14)10(17)16(3-1-12)4-2-13/h5-6H,3-4H2,(H2,14,15). The molecule has 1 heterocycles. The third-order valence-electron chi connectivity index (χ3n) is 1.93. The first-order valence-corrected chi connectivity index (χ1v) is 4.92. The summed E-state index contributed by atoms with van der Waals surface area (Å²) in [7, 11) is 0. The Morgan fingerprint density at radius 3 is 2.53 bits per heavy atom. The van der Waals surface area contributed by atoms with E-state index in [4.69, 9.17) is 27.9 Å². The number of carbonyl (C=O) groups is 1. The molecule has 6 nitrogen and oxygen atoms in total. The van der Waals surface area contributed by atoms with Crippen molar-refractivity contribution >= 4 is 23.3 Å². The number of pyridine rings is 1. The van der Waals surface area contributed by atoms with E-state index in [1.165, 1.54) is 12.3 Å². The normalized spacial score (nSPS) is 9.12. The van der Waals surface area contributed by atoms with E-state index in [2.05, 4.69) is 4.98 Å². The summed E-state index contributed by atoms with van der Waals surface area (Å²) in [6.45, 7) is -0.344. The van der Waals surface area contributed by atoms with Gasteiger partial charge in [-0.05, 0) is 6.07 Å². The van der Waals surface area contributed by atoms with Crippen molar-refractivity contribution in [1.82, 2.24) is 9.88 Å². The largest absolute Gasteiger partial charge is 0.382 e. The Morgan fingerprint density at radius 1 is 1.47 bits per heavy atom. The lowest BCUT2D eigenvalue weighted by atomic mass is 10.2. The van der Waals surface area contributed by atoms with Gasteiger partial charge in [0.1, 0.15) is 18.9 Å². The first-order chi connectivity index (χ1) is 8.10. The molecule has 0 saturated carbocycles. The van der Waals surface area contributed by atoms with Crippen LogP contribution >= 0.6 is 11.6 Å². The maximum Gasteiger partial charge on any atom is 0.257 e. The minimum atomic E-state index is -0.484. The zero-order chi connectivity index (χ0) is 12.8. The van der Waals surface area contributed by atoms with Crippen LogP contribution in [0.2, 0.25) is 5.02 Å². The predicted octanol–water partition coefficient (Wildman–Crippen LogP) is 0.807. The van der Waals surface area contributed by atoms with Gasteiger partial charge in [-0.1, -0.05) is 11.6 Å². The molecule has 1 aromatic rings. The summed E-state index contributed by atoms with van der Waals surface area (Å²) in [5.74, 6) is -0.363. The molecule has 0 saturated heterocycles. The topological polar surface area (TPSA) is 107 Å². The van der Waals surface area contributed by atoms with E-state index in [1.807, 2.05) is 0 Å². The van der Waals surface area contributed by atoms with Crippen LogP contribution in [-0.2, 0) is 0 Å². The van der Waals surface area contributed by atoms with E-state index < -0.39 is 5.91 Å². The number of rotatable bonds is 3. The Bertz CT molecular complexity index is 500. The van der Waals surface area contributed by atoms with Crippen LogP contribution in [0.4, 0.5) is 5.82 Å². The number of carbonyl (C=O) groups excluding carboxylic acids is 1. The summed E-state index contributed by atoms with van der Waals surface area (Å²) >= 11 is 5.73. The molecular formula is C10H8ClN5O. The number of nitrogens with zero attached hydrogens (tertiary/aromatic N) is 4. The molecule has 7 heteroatoms. The molecule has 1 rings (SSSR count). The van der Waals surface area contributed by atoms with Crippen molar-refractivity contribution < 1.29 is 4.79 Å². The van der Waals surface area contributed by atoms with Gasteiger partial charge in [0.2, 0.25) is 0 Å². The van der Waals surface area contributed by atoms with Gasteiger partial charge in [0.15, 0.2) is 0 Å². The van der Waals surface area contributed by atoms with Gasteiger partial charge in [0, 0.05) is 6.20 Å². The van der Waals surface area contributed by atoms with Crippen molar-refractivity contribution in [3.05, 3.63) is 22.8 Å². The fourth-order valence-electron chi connectivity index (χ4n) is 1.12. The number of halogens is 1. The van der Waals surface area contributed by atoms with Gasteiger partial charge in [-0.2, -0.15) is 10.5 Å². The highest BCUT2D eigenvalue weighted by Gasteiger charge is 2.16. The second-order valence-corrected chi connectivity index (χ2v) is 3.48. The molecule has 86 valence electrons. The summed E-state index contributed by atoms with van der Waals surface area (Å²) < 4.78 is 0. The number of aromatic nitrogens is 1. The van der Waals surface area contributed by atoms with Crippen LogP contribution in [0.25, 0.3) is 0 Å². The van der Waals surface area contributed by atoms with E-state index in [9.17, 15) is 4.79 Å². The number of hydrogen-bond donors (Lipinski definition) is 1. The van der Waals surface area contributed by atoms with E-state index in [0.29, 0.717) is 0 Å². The van der Waals surface area contributed by atoms with Crippen LogP contribution in [0.15, 0.2) is 12.3 Å². The average molecular weight is 250 g/mol. The van der Waals surface area contributed by atoms with Crippen LogP contribution in [0.1, 0.15) is 10.4 Å². The van der Waals surface area contributed by atoms with E-state index >= 15 is 0 Å². The molecule has 0 aliphatic heterocycles. The van der Waals surface area contributed by atoms with E-state index in [0.717, 1.165) is 4.90 Å². The van der Waals surface area contributed by atoms with Crippen LogP contribution < -0.4 is 5.73 Å². The number of hydrogen-bond acceptors (Lipinski definition) is 5. The molecule has 0 radical (unpaired) electrons. The molecule has 0 aromatic carbocycles. The fraction of sp³-hybridized carbons (Fsp3) is 0.200. The van der Waals surface area contributed by atoms with Gasteiger partial charge in [-0.25, -0.2) is 4.98 Å². The Balaban J connectivity index is 2.98. The monoisotopic (exact) mass is 249 g/mol. The lowest BCUT2D eigenvalue weighted by molar-refractivity contribution is 0.0794. The van der Waals surface area contributed by atoms with Crippen molar-refractivity contribution in [2.75, 3.05) is 18.8 Å². The summed E-state index contributed by atoms with van der Waals surface area (Å²) in [5.41, 5.74) is 5.60. The maximum absolute atomic E-state index is 11.9. The zero-order valence-corrected chi connectivity index (χ0v) is 9.48. The van der Waals surface area contributed by atoms with Crippen LogP contribution in [0, 0.1) is 22.7 Å². The molecule has 0 fully saturated rings. The first kappa shape index (κ1) is 12.8. The Hall–Kier alpha value is -2.31. The summed E-state index contributed by atoms with van der Waals surface area (Å²) in [4.78, 5) is 16.7. The highest BCUT2D eigenvalue weighted by Crippen LogP contribution is 2.17. The molecule has 0 bridgehead atoms. The Labute approximate surface area is 103 Å². The van der Waals surface area contributed by atoms with Gasteiger partial charge in [-0.3, -0.25) is 4.79 Å². The van der Waals surface area contributed by atoms with Gasteiger partial charge < -0.3 is 10.6 Å². The molecular weight excluding hydrogens is 242 g/mol. The highest BCUT2D eigenvalue weighted by molar-refractivity contribution is 6.33. The van der Waals surface area contributed by atoms with Crippen molar-refractivity contribution in [2.45, 2.75) is 0 Å². The second-order valence-electron chi connectivity index (χ2n) is 3.07. The van der Waals surface area contributed by atoms with Gasteiger partial charge in [0.25, 0.3) is 5.91 Å².